The summed E-state index contributed by atoms with van der Waals surface area (Å²) in [7, 11) is -1.89. The van der Waals surface area contributed by atoms with E-state index in [4.69, 9.17) is 23.2 Å². The van der Waals surface area contributed by atoms with Gasteiger partial charge in [-0.3, -0.25) is 9.10 Å². The van der Waals surface area contributed by atoms with Gasteiger partial charge < -0.3 is 4.90 Å². The summed E-state index contributed by atoms with van der Waals surface area (Å²) in [4.78, 5) is 14.4. The normalized spacial score (nSPS) is 11.2. The number of carbonyl (C=O) groups excluding carboxylic acids is 1. The van der Waals surface area contributed by atoms with Crippen LogP contribution in [-0.4, -0.2) is 32.5 Å². The topological polar surface area (TPSA) is 57.7 Å². The van der Waals surface area contributed by atoms with E-state index in [1.807, 2.05) is 30.3 Å². The number of nitrogens with zero attached hydrogens (tertiary/aromatic N) is 2. The van der Waals surface area contributed by atoms with Crippen molar-refractivity contribution in [1.82, 2.24) is 4.90 Å². The second-order valence-corrected chi connectivity index (χ2v) is 9.88. The number of carbonyl (C=O) groups is 1. The first-order chi connectivity index (χ1) is 14.7. The minimum atomic E-state index is -3.62. The third kappa shape index (κ3) is 5.79. The van der Waals surface area contributed by atoms with Crippen molar-refractivity contribution in [3.8, 4) is 0 Å². The molecule has 1 amide bonds. The van der Waals surface area contributed by atoms with Crippen LogP contribution in [0.25, 0.3) is 0 Å². The highest BCUT2D eigenvalue weighted by Crippen LogP contribution is 2.29. The molecule has 0 atom stereocenters. The van der Waals surface area contributed by atoms with E-state index in [1.54, 1.807) is 54.4 Å². The molecule has 3 rings (SSSR count). The molecule has 162 valence electrons. The van der Waals surface area contributed by atoms with Crippen molar-refractivity contribution in [2.24, 2.45) is 0 Å². The highest BCUT2D eigenvalue weighted by Gasteiger charge is 2.21. The van der Waals surface area contributed by atoms with Gasteiger partial charge in [-0.25, -0.2) is 8.42 Å². The van der Waals surface area contributed by atoms with Gasteiger partial charge in [0.2, 0.25) is 10.0 Å². The smallest absolute Gasteiger partial charge is 0.253 e. The molecule has 0 aromatic heterocycles. The number of hydrogen-bond acceptors (Lipinski definition) is 3. The zero-order valence-corrected chi connectivity index (χ0v) is 19.5. The molecule has 0 aliphatic rings. The lowest BCUT2D eigenvalue weighted by Crippen LogP contribution is -2.30. The van der Waals surface area contributed by atoms with Crippen molar-refractivity contribution in [2.45, 2.75) is 13.1 Å². The molecule has 0 aliphatic carbocycles. The van der Waals surface area contributed by atoms with Crippen LogP contribution in [0.1, 0.15) is 21.5 Å². The predicted octanol–water partition coefficient (Wildman–Crippen LogP) is 5.23. The van der Waals surface area contributed by atoms with E-state index in [1.165, 1.54) is 4.31 Å². The van der Waals surface area contributed by atoms with E-state index < -0.39 is 10.0 Å². The number of amides is 1. The summed E-state index contributed by atoms with van der Waals surface area (Å²) >= 11 is 12.4. The predicted molar refractivity (Wildman–Crippen MR) is 126 cm³/mol. The molecule has 31 heavy (non-hydrogen) atoms. The molecule has 0 N–H and O–H groups in total. The summed E-state index contributed by atoms with van der Waals surface area (Å²) in [5, 5.41) is 0.769. The van der Waals surface area contributed by atoms with Crippen molar-refractivity contribution in [2.75, 3.05) is 17.6 Å². The van der Waals surface area contributed by atoms with Crippen molar-refractivity contribution >= 4 is 44.8 Å². The van der Waals surface area contributed by atoms with Crippen LogP contribution in [-0.2, 0) is 23.1 Å². The van der Waals surface area contributed by atoms with Crippen LogP contribution in [0, 0.1) is 0 Å². The third-order valence-corrected chi connectivity index (χ3v) is 6.62. The molecule has 5 nitrogen and oxygen atoms in total. The van der Waals surface area contributed by atoms with Gasteiger partial charge in [0, 0.05) is 34.8 Å². The first-order valence-corrected chi connectivity index (χ1v) is 12.1. The standard InChI is InChI=1S/C23H22Cl2N2O3S/c1-26(15-17-7-4-3-5-8-17)23(28)18-11-13-19(14-12-18)27(31(2,29)30)16-20-21(24)9-6-10-22(20)25/h3-14H,15-16H2,1-2H3. The summed E-state index contributed by atoms with van der Waals surface area (Å²) in [5.41, 5.74) is 2.42. The maximum absolute atomic E-state index is 12.8. The molecule has 3 aromatic carbocycles. The van der Waals surface area contributed by atoms with E-state index in [9.17, 15) is 13.2 Å². The number of benzene rings is 3. The molecule has 0 unspecified atom stereocenters. The first kappa shape index (κ1) is 23.1. The average Bonchev–Trinajstić information content (AvgIpc) is 2.73. The zero-order chi connectivity index (χ0) is 22.6. The van der Waals surface area contributed by atoms with Gasteiger partial charge in [-0.05, 0) is 42.0 Å². The Labute approximate surface area is 192 Å². The second kappa shape index (κ2) is 9.73. The van der Waals surface area contributed by atoms with Gasteiger partial charge >= 0.3 is 0 Å². The van der Waals surface area contributed by atoms with Gasteiger partial charge in [0.25, 0.3) is 5.91 Å². The molecule has 8 heteroatoms. The molecule has 3 aromatic rings. The van der Waals surface area contributed by atoms with E-state index in [0.717, 1.165) is 11.8 Å². The lowest BCUT2D eigenvalue weighted by Gasteiger charge is -2.24. The van der Waals surface area contributed by atoms with E-state index >= 15 is 0 Å². The maximum Gasteiger partial charge on any atom is 0.253 e. The van der Waals surface area contributed by atoms with Crippen LogP contribution >= 0.6 is 23.2 Å². The van der Waals surface area contributed by atoms with Gasteiger partial charge in [0.15, 0.2) is 0 Å². The summed E-state index contributed by atoms with van der Waals surface area (Å²) in [6.07, 6.45) is 1.12. The molecule has 0 spiro atoms. The number of halogens is 2. The largest absolute Gasteiger partial charge is 0.337 e. The Kier molecular flexibility index (Phi) is 7.26. The molecule has 0 saturated carbocycles. The Morgan fingerprint density at radius 2 is 1.42 bits per heavy atom. The second-order valence-electron chi connectivity index (χ2n) is 7.16. The van der Waals surface area contributed by atoms with Crippen molar-refractivity contribution < 1.29 is 13.2 Å². The van der Waals surface area contributed by atoms with Gasteiger partial charge in [0.1, 0.15) is 0 Å². The fourth-order valence-corrected chi connectivity index (χ4v) is 4.53. The Hall–Kier alpha value is -2.54. The molecule has 0 bridgehead atoms. The van der Waals surface area contributed by atoms with Crippen LogP contribution in [0.4, 0.5) is 5.69 Å². The minimum Gasteiger partial charge on any atom is -0.337 e. The highest BCUT2D eigenvalue weighted by molar-refractivity contribution is 7.92. The summed E-state index contributed by atoms with van der Waals surface area (Å²) < 4.78 is 26.1. The Morgan fingerprint density at radius 1 is 0.839 bits per heavy atom. The molecular weight excluding hydrogens is 455 g/mol. The van der Waals surface area contributed by atoms with Crippen LogP contribution in [0.3, 0.4) is 0 Å². The van der Waals surface area contributed by atoms with Gasteiger partial charge in [-0.1, -0.05) is 59.6 Å². The molecule has 0 fully saturated rings. The van der Waals surface area contributed by atoms with Crippen molar-refractivity contribution in [1.29, 1.82) is 0 Å². The third-order valence-electron chi connectivity index (χ3n) is 4.78. The number of hydrogen-bond donors (Lipinski definition) is 0. The molecule has 0 aliphatic heterocycles. The Bertz CT molecular complexity index is 1150. The fourth-order valence-electron chi connectivity index (χ4n) is 3.15. The molecule has 0 radical (unpaired) electrons. The number of anilines is 1. The van der Waals surface area contributed by atoms with E-state index in [0.29, 0.717) is 33.4 Å². The fraction of sp³-hybridized carbons (Fsp3) is 0.174. The van der Waals surface area contributed by atoms with Crippen LogP contribution in [0.5, 0.6) is 0 Å². The monoisotopic (exact) mass is 476 g/mol. The zero-order valence-electron chi connectivity index (χ0n) is 17.1. The molecule has 0 heterocycles. The number of sulfonamides is 1. The Balaban J connectivity index is 1.82. The van der Waals surface area contributed by atoms with Crippen LogP contribution in [0.2, 0.25) is 10.0 Å². The van der Waals surface area contributed by atoms with Crippen molar-refractivity contribution in [3.63, 3.8) is 0 Å². The van der Waals surface area contributed by atoms with Crippen LogP contribution in [0.15, 0.2) is 72.8 Å². The summed E-state index contributed by atoms with van der Waals surface area (Å²) in [5.74, 6) is -0.157. The average molecular weight is 477 g/mol. The maximum atomic E-state index is 12.8. The van der Waals surface area contributed by atoms with E-state index in [-0.39, 0.29) is 12.5 Å². The quantitative estimate of drug-likeness (QED) is 0.468. The molecule has 0 saturated heterocycles. The molecular formula is C23H22Cl2N2O3S. The summed E-state index contributed by atoms with van der Waals surface area (Å²) in [6, 6.07) is 21.1. The van der Waals surface area contributed by atoms with Crippen LogP contribution < -0.4 is 4.31 Å². The van der Waals surface area contributed by atoms with Crippen molar-refractivity contribution in [3.05, 3.63) is 99.5 Å². The summed E-state index contributed by atoms with van der Waals surface area (Å²) in [6.45, 7) is 0.459. The van der Waals surface area contributed by atoms with E-state index in [2.05, 4.69) is 0 Å². The lowest BCUT2D eigenvalue weighted by molar-refractivity contribution is 0.0785. The first-order valence-electron chi connectivity index (χ1n) is 9.47. The van der Waals surface area contributed by atoms with Gasteiger partial charge in [-0.2, -0.15) is 0 Å². The minimum absolute atomic E-state index is 0.0153. The number of rotatable bonds is 7. The Morgan fingerprint density at radius 3 is 1.97 bits per heavy atom. The van der Waals surface area contributed by atoms with Gasteiger partial charge in [0.05, 0.1) is 18.5 Å². The highest BCUT2D eigenvalue weighted by atomic mass is 35.5. The SMILES string of the molecule is CN(Cc1ccccc1)C(=O)c1ccc(N(Cc2c(Cl)cccc2Cl)S(C)(=O)=O)cc1. The lowest BCUT2D eigenvalue weighted by atomic mass is 10.1. The van der Waals surface area contributed by atoms with Gasteiger partial charge in [-0.15, -0.1) is 0 Å².